The zero-order chi connectivity index (χ0) is 27.0. The van der Waals surface area contributed by atoms with E-state index in [9.17, 15) is 9.59 Å². The van der Waals surface area contributed by atoms with Gasteiger partial charge in [-0.1, -0.05) is 36.0 Å². The van der Waals surface area contributed by atoms with Crippen LogP contribution in [0.15, 0.2) is 12.3 Å². The number of amides is 2. The standard InChI is InChI=1S/C26H32Cl2FN7O2/c1-34-10-7-15(8-11-34)31-25(38)17-13-18(27)23(21(28)22(17)29)32-26-30-14-19-24(33-26)36(16-5-3-4-6-16)12-9-20(37)35(19)2/h13-16H,3-12H2,1-2H3,(H,31,38)(H,30,32,33). The maximum atomic E-state index is 15.3. The number of benzene rings is 1. The van der Waals surface area contributed by atoms with Crippen LogP contribution in [-0.2, 0) is 4.79 Å². The summed E-state index contributed by atoms with van der Waals surface area (Å²) >= 11 is 12.9. The summed E-state index contributed by atoms with van der Waals surface area (Å²) < 4.78 is 15.3. The highest BCUT2D eigenvalue weighted by molar-refractivity contribution is 6.40. The summed E-state index contributed by atoms with van der Waals surface area (Å²) in [6.45, 7) is 2.29. The van der Waals surface area contributed by atoms with Crippen LogP contribution in [0.3, 0.4) is 0 Å². The van der Waals surface area contributed by atoms with Crippen molar-refractivity contribution in [3.8, 4) is 0 Å². The lowest BCUT2D eigenvalue weighted by Gasteiger charge is -2.30. The van der Waals surface area contributed by atoms with Crippen LogP contribution in [0.2, 0.25) is 10.0 Å². The molecule has 1 saturated heterocycles. The second-order valence-electron chi connectivity index (χ2n) is 10.3. The van der Waals surface area contributed by atoms with Crippen molar-refractivity contribution in [3.63, 3.8) is 0 Å². The number of carbonyl (C=O) groups excluding carboxylic acids is 2. The number of halogens is 3. The molecule has 3 aliphatic rings. The van der Waals surface area contributed by atoms with Crippen molar-refractivity contribution in [1.82, 2.24) is 20.2 Å². The number of anilines is 4. The van der Waals surface area contributed by atoms with Gasteiger partial charge >= 0.3 is 0 Å². The maximum Gasteiger partial charge on any atom is 0.254 e. The molecule has 3 heterocycles. The minimum atomic E-state index is -0.864. The fraction of sp³-hybridized carbons (Fsp3) is 0.538. The summed E-state index contributed by atoms with van der Waals surface area (Å²) in [5.74, 6) is -0.602. The average Bonchev–Trinajstić information content (AvgIpc) is 3.40. The van der Waals surface area contributed by atoms with Crippen LogP contribution in [0.5, 0.6) is 0 Å². The molecule has 1 aromatic carbocycles. The van der Waals surface area contributed by atoms with Crippen molar-refractivity contribution < 1.29 is 14.0 Å². The van der Waals surface area contributed by atoms with Crippen molar-refractivity contribution >= 4 is 58.2 Å². The molecule has 1 saturated carbocycles. The third kappa shape index (κ3) is 5.39. The Morgan fingerprint density at radius 2 is 1.82 bits per heavy atom. The molecule has 0 atom stereocenters. The minimum Gasteiger partial charge on any atom is -0.351 e. The third-order valence-corrected chi connectivity index (χ3v) is 8.44. The predicted octanol–water partition coefficient (Wildman–Crippen LogP) is 4.61. The first kappa shape index (κ1) is 26.9. The van der Waals surface area contributed by atoms with E-state index in [0.29, 0.717) is 30.5 Å². The largest absolute Gasteiger partial charge is 0.351 e. The lowest BCUT2D eigenvalue weighted by molar-refractivity contribution is -0.118. The van der Waals surface area contributed by atoms with Crippen LogP contribution >= 0.6 is 23.2 Å². The minimum absolute atomic E-state index is 0.00155. The highest BCUT2D eigenvalue weighted by Gasteiger charge is 2.32. The van der Waals surface area contributed by atoms with Crippen molar-refractivity contribution in [1.29, 1.82) is 0 Å². The van der Waals surface area contributed by atoms with Gasteiger partial charge in [-0.15, -0.1) is 0 Å². The highest BCUT2D eigenvalue weighted by atomic mass is 35.5. The fourth-order valence-corrected chi connectivity index (χ4v) is 6.02. The van der Waals surface area contributed by atoms with Crippen molar-refractivity contribution in [3.05, 3.63) is 33.7 Å². The van der Waals surface area contributed by atoms with Gasteiger partial charge in [-0.05, 0) is 51.9 Å². The van der Waals surface area contributed by atoms with Crippen LogP contribution in [0.1, 0.15) is 55.3 Å². The Kier molecular flexibility index (Phi) is 7.93. The topological polar surface area (TPSA) is 93.7 Å². The van der Waals surface area contributed by atoms with E-state index in [1.54, 1.807) is 18.1 Å². The van der Waals surface area contributed by atoms with Crippen molar-refractivity contribution in [2.24, 2.45) is 0 Å². The fourth-order valence-electron chi connectivity index (χ4n) is 5.47. The molecule has 1 aromatic heterocycles. The first-order valence-corrected chi connectivity index (χ1v) is 13.8. The second-order valence-corrected chi connectivity index (χ2v) is 11.1. The van der Waals surface area contributed by atoms with E-state index in [-0.39, 0.29) is 39.2 Å². The normalized spacial score (nSPS) is 19.4. The molecule has 2 amide bonds. The molecule has 2 aromatic rings. The highest BCUT2D eigenvalue weighted by Crippen LogP contribution is 2.39. The average molecular weight is 564 g/mol. The van der Waals surface area contributed by atoms with Gasteiger partial charge in [0.1, 0.15) is 10.7 Å². The van der Waals surface area contributed by atoms with Crippen LogP contribution in [0.4, 0.5) is 27.5 Å². The molecule has 38 heavy (non-hydrogen) atoms. The van der Waals surface area contributed by atoms with E-state index < -0.39 is 11.7 Å². The molecule has 0 bridgehead atoms. The molecule has 2 N–H and O–H groups in total. The smallest absolute Gasteiger partial charge is 0.254 e. The molecule has 5 rings (SSSR count). The van der Waals surface area contributed by atoms with Gasteiger partial charge in [-0.3, -0.25) is 9.59 Å². The number of hydrogen-bond donors (Lipinski definition) is 2. The van der Waals surface area contributed by atoms with Crippen LogP contribution in [0.25, 0.3) is 0 Å². The summed E-state index contributed by atoms with van der Waals surface area (Å²) in [5, 5.41) is 5.60. The number of piperidine rings is 1. The van der Waals surface area contributed by atoms with Crippen LogP contribution in [0, 0.1) is 5.82 Å². The van der Waals surface area contributed by atoms with Gasteiger partial charge in [-0.25, -0.2) is 9.37 Å². The Morgan fingerprint density at radius 1 is 1.11 bits per heavy atom. The molecule has 0 unspecified atom stereocenters. The molecule has 1 aliphatic carbocycles. The number of nitrogens with one attached hydrogen (secondary N) is 2. The first-order chi connectivity index (χ1) is 18.2. The monoisotopic (exact) mass is 563 g/mol. The van der Waals surface area contributed by atoms with Gasteiger partial charge in [0, 0.05) is 32.1 Å². The molecule has 0 radical (unpaired) electrons. The number of carbonyl (C=O) groups is 2. The number of aromatic nitrogens is 2. The Balaban J connectivity index is 1.41. The molecule has 2 fully saturated rings. The Hall–Kier alpha value is -2.69. The molecule has 9 nitrogen and oxygen atoms in total. The second kappa shape index (κ2) is 11.2. The van der Waals surface area contributed by atoms with E-state index in [1.165, 1.54) is 6.07 Å². The number of hydrogen-bond acceptors (Lipinski definition) is 7. The Labute approximate surface area is 231 Å². The van der Waals surface area contributed by atoms with Crippen LogP contribution < -0.4 is 20.4 Å². The zero-order valence-corrected chi connectivity index (χ0v) is 23.1. The van der Waals surface area contributed by atoms with Gasteiger partial charge in [0.25, 0.3) is 5.91 Å². The van der Waals surface area contributed by atoms with Crippen LogP contribution in [-0.4, -0.2) is 72.5 Å². The third-order valence-electron chi connectivity index (χ3n) is 7.78. The van der Waals surface area contributed by atoms with E-state index in [1.807, 2.05) is 7.05 Å². The molecule has 204 valence electrons. The predicted molar refractivity (Wildman–Crippen MR) is 147 cm³/mol. The van der Waals surface area contributed by atoms with Gasteiger partial charge in [0.2, 0.25) is 11.9 Å². The summed E-state index contributed by atoms with van der Waals surface area (Å²) in [5.41, 5.74) is 0.487. The lowest BCUT2D eigenvalue weighted by atomic mass is 10.0. The molecule has 2 aliphatic heterocycles. The number of fused-ring (bicyclic) bond motifs is 1. The zero-order valence-electron chi connectivity index (χ0n) is 21.6. The quantitative estimate of drug-likeness (QED) is 0.513. The van der Waals surface area contributed by atoms with E-state index in [0.717, 1.165) is 51.6 Å². The summed E-state index contributed by atoms with van der Waals surface area (Å²) in [4.78, 5) is 40.4. The molecular formula is C26H32Cl2FN7O2. The Morgan fingerprint density at radius 3 is 2.53 bits per heavy atom. The van der Waals surface area contributed by atoms with Gasteiger partial charge < -0.3 is 25.3 Å². The lowest BCUT2D eigenvalue weighted by Crippen LogP contribution is -2.43. The maximum absolute atomic E-state index is 15.3. The molecular weight excluding hydrogens is 532 g/mol. The van der Waals surface area contributed by atoms with Crippen molar-refractivity contribution in [2.75, 3.05) is 48.8 Å². The van der Waals surface area contributed by atoms with E-state index in [4.69, 9.17) is 28.2 Å². The SMILES string of the molecule is CN1CCC(NC(=O)c2cc(Cl)c(Nc3ncc4c(n3)N(C3CCCC3)CCC(=O)N4C)c(Cl)c2F)CC1. The summed E-state index contributed by atoms with van der Waals surface area (Å²) in [7, 11) is 3.75. The van der Waals surface area contributed by atoms with Crippen molar-refractivity contribution in [2.45, 2.75) is 57.0 Å². The van der Waals surface area contributed by atoms with E-state index in [2.05, 4.69) is 25.4 Å². The Bertz CT molecular complexity index is 1230. The number of rotatable bonds is 5. The van der Waals surface area contributed by atoms with Gasteiger partial charge in [0.05, 0.1) is 22.5 Å². The number of nitrogens with zero attached hydrogens (tertiary/aromatic N) is 5. The van der Waals surface area contributed by atoms with Gasteiger partial charge in [0.15, 0.2) is 11.6 Å². The molecule has 0 spiro atoms. The van der Waals surface area contributed by atoms with Gasteiger partial charge in [-0.2, -0.15) is 4.98 Å². The van der Waals surface area contributed by atoms with E-state index >= 15 is 4.39 Å². The number of likely N-dealkylation sites (tertiary alicyclic amines) is 1. The molecule has 12 heteroatoms. The first-order valence-electron chi connectivity index (χ1n) is 13.1. The summed E-state index contributed by atoms with van der Waals surface area (Å²) in [6.07, 6.45) is 7.89. The summed E-state index contributed by atoms with van der Waals surface area (Å²) in [6, 6.07) is 1.54.